The average molecular weight is 530 g/mol. The maximum Gasteiger partial charge on any atom is 0.193 e. The maximum absolute atomic E-state index is 4.57. The van der Waals surface area contributed by atoms with Crippen molar-refractivity contribution in [3.05, 3.63) is 78.5 Å². The Labute approximate surface area is 201 Å². The van der Waals surface area contributed by atoms with Crippen molar-refractivity contribution in [2.24, 2.45) is 10.9 Å². The van der Waals surface area contributed by atoms with Gasteiger partial charge in [-0.3, -0.25) is 9.56 Å². The van der Waals surface area contributed by atoms with Crippen molar-refractivity contribution in [3.63, 3.8) is 0 Å². The minimum atomic E-state index is 0. The zero-order chi connectivity index (χ0) is 20.8. The van der Waals surface area contributed by atoms with Crippen molar-refractivity contribution >= 4 is 29.9 Å². The van der Waals surface area contributed by atoms with Gasteiger partial charge in [0.1, 0.15) is 12.1 Å². The Bertz CT molecular complexity index is 957. The van der Waals surface area contributed by atoms with Gasteiger partial charge in [-0.1, -0.05) is 43.7 Å². The van der Waals surface area contributed by atoms with E-state index in [9.17, 15) is 0 Å². The van der Waals surface area contributed by atoms with Crippen LogP contribution >= 0.6 is 24.0 Å². The summed E-state index contributed by atoms with van der Waals surface area (Å²) in [6, 6.07) is 15.1. The molecule has 2 aromatic heterocycles. The van der Waals surface area contributed by atoms with Crippen molar-refractivity contribution in [2.75, 3.05) is 20.1 Å². The van der Waals surface area contributed by atoms with Gasteiger partial charge in [-0.2, -0.15) is 0 Å². The van der Waals surface area contributed by atoms with Crippen molar-refractivity contribution in [2.45, 2.75) is 32.2 Å². The summed E-state index contributed by atoms with van der Waals surface area (Å²) in [7, 11) is 1.87. The van der Waals surface area contributed by atoms with Gasteiger partial charge in [-0.05, 0) is 41.5 Å². The Morgan fingerprint density at radius 2 is 2.03 bits per heavy atom. The first kappa shape index (κ1) is 23.2. The highest BCUT2D eigenvalue weighted by molar-refractivity contribution is 14.0. The molecular formula is C24H31IN6. The van der Waals surface area contributed by atoms with Crippen LogP contribution in [0.5, 0.6) is 0 Å². The summed E-state index contributed by atoms with van der Waals surface area (Å²) in [5.74, 6) is 3.11. The van der Waals surface area contributed by atoms with E-state index in [1.54, 1.807) is 12.5 Å². The second-order valence-corrected chi connectivity index (χ2v) is 7.81. The zero-order valence-corrected chi connectivity index (χ0v) is 20.5. The van der Waals surface area contributed by atoms with E-state index in [1.165, 1.54) is 17.5 Å². The molecule has 0 amide bonds. The maximum atomic E-state index is 4.57. The second-order valence-electron chi connectivity index (χ2n) is 7.81. The molecule has 0 aliphatic carbocycles. The van der Waals surface area contributed by atoms with Gasteiger partial charge in [-0.15, -0.1) is 24.0 Å². The molecule has 0 saturated carbocycles. The Balaban J connectivity index is 0.00000272. The van der Waals surface area contributed by atoms with Crippen LogP contribution in [-0.4, -0.2) is 45.5 Å². The fourth-order valence-electron chi connectivity index (χ4n) is 4.40. The van der Waals surface area contributed by atoms with Crippen LogP contribution in [0.1, 0.15) is 36.8 Å². The first-order valence-electron chi connectivity index (χ1n) is 10.7. The average Bonchev–Trinajstić information content (AvgIpc) is 3.35. The SMILES string of the molecule is CCC1CN(C(=NC)NCc2ccnc(-n3ccnc3)c2)CCC1c1ccccc1.I. The van der Waals surface area contributed by atoms with Crippen LogP contribution in [0.15, 0.2) is 72.4 Å². The molecule has 3 heterocycles. The van der Waals surface area contributed by atoms with Crippen LogP contribution in [-0.2, 0) is 6.54 Å². The normalized spacial score (nSPS) is 19.0. The van der Waals surface area contributed by atoms with E-state index in [4.69, 9.17) is 0 Å². The molecule has 2 unspecified atom stereocenters. The van der Waals surface area contributed by atoms with Gasteiger partial charge < -0.3 is 10.2 Å². The van der Waals surface area contributed by atoms with E-state index in [2.05, 4.69) is 68.5 Å². The fraction of sp³-hybridized carbons (Fsp3) is 0.375. The number of nitrogens with one attached hydrogen (secondary N) is 1. The number of pyridine rings is 1. The highest BCUT2D eigenvalue weighted by Crippen LogP contribution is 2.34. The van der Waals surface area contributed by atoms with E-state index in [0.717, 1.165) is 31.3 Å². The number of imidazole rings is 1. The lowest BCUT2D eigenvalue weighted by Gasteiger charge is -2.40. The molecule has 7 heteroatoms. The molecule has 2 atom stereocenters. The van der Waals surface area contributed by atoms with Crippen molar-refractivity contribution in [1.29, 1.82) is 0 Å². The fourth-order valence-corrected chi connectivity index (χ4v) is 4.40. The number of nitrogens with zero attached hydrogens (tertiary/aromatic N) is 5. The minimum absolute atomic E-state index is 0. The number of piperidine rings is 1. The first-order chi connectivity index (χ1) is 14.8. The Morgan fingerprint density at radius 3 is 2.74 bits per heavy atom. The van der Waals surface area contributed by atoms with Crippen LogP contribution in [0.4, 0.5) is 0 Å². The molecule has 4 rings (SSSR count). The highest BCUT2D eigenvalue weighted by Gasteiger charge is 2.30. The van der Waals surface area contributed by atoms with Gasteiger partial charge in [0.25, 0.3) is 0 Å². The number of hydrogen-bond donors (Lipinski definition) is 1. The summed E-state index contributed by atoms with van der Waals surface area (Å²) in [6.45, 7) is 5.07. The molecule has 6 nitrogen and oxygen atoms in total. The van der Waals surface area contributed by atoms with Crippen molar-refractivity contribution < 1.29 is 0 Å². The van der Waals surface area contributed by atoms with Crippen LogP contribution in [0.2, 0.25) is 0 Å². The second kappa shape index (κ2) is 11.3. The summed E-state index contributed by atoms with van der Waals surface area (Å²) >= 11 is 0. The molecular weight excluding hydrogens is 499 g/mol. The molecule has 0 radical (unpaired) electrons. The molecule has 1 saturated heterocycles. The summed E-state index contributed by atoms with van der Waals surface area (Å²) in [5.41, 5.74) is 2.64. The van der Waals surface area contributed by atoms with Crippen LogP contribution < -0.4 is 5.32 Å². The molecule has 1 aliphatic heterocycles. The Morgan fingerprint density at radius 1 is 1.19 bits per heavy atom. The lowest BCUT2D eigenvalue weighted by Crippen LogP contribution is -2.48. The molecule has 3 aromatic rings. The number of aliphatic imine (C=N–C) groups is 1. The Hall–Kier alpha value is -2.42. The third-order valence-electron chi connectivity index (χ3n) is 6.03. The third kappa shape index (κ3) is 5.64. The minimum Gasteiger partial charge on any atom is -0.352 e. The summed E-state index contributed by atoms with van der Waals surface area (Å²) < 4.78 is 1.92. The van der Waals surface area contributed by atoms with Gasteiger partial charge in [-0.25, -0.2) is 9.97 Å². The number of likely N-dealkylation sites (tertiary alicyclic amines) is 1. The predicted octanol–water partition coefficient (Wildman–Crippen LogP) is 4.48. The number of benzene rings is 1. The largest absolute Gasteiger partial charge is 0.352 e. The number of guanidine groups is 1. The van der Waals surface area contributed by atoms with E-state index in [-0.39, 0.29) is 24.0 Å². The third-order valence-corrected chi connectivity index (χ3v) is 6.03. The topological polar surface area (TPSA) is 58.3 Å². The number of rotatable bonds is 5. The zero-order valence-electron chi connectivity index (χ0n) is 18.2. The molecule has 31 heavy (non-hydrogen) atoms. The smallest absolute Gasteiger partial charge is 0.193 e. The lowest BCUT2D eigenvalue weighted by atomic mass is 9.79. The van der Waals surface area contributed by atoms with E-state index >= 15 is 0 Å². The van der Waals surface area contributed by atoms with E-state index in [1.807, 2.05) is 30.1 Å². The monoisotopic (exact) mass is 530 g/mol. The highest BCUT2D eigenvalue weighted by atomic mass is 127. The van der Waals surface area contributed by atoms with Gasteiger partial charge in [0.05, 0.1) is 0 Å². The predicted molar refractivity (Wildman–Crippen MR) is 136 cm³/mol. The van der Waals surface area contributed by atoms with Crippen LogP contribution in [0, 0.1) is 5.92 Å². The number of halogens is 1. The van der Waals surface area contributed by atoms with Crippen molar-refractivity contribution in [3.8, 4) is 5.82 Å². The van der Waals surface area contributed by atoms with E-state index < -0.39 is 0 Å². The van der Waals surface area contributed by atoms with Gasteiger partial charge in [0.2, 0.25) is 0 Å². The first-order valence-corrected chi connectivity index (χ1v) is 10.7. The molecule has 0 spiro atoms. The standard InChI is InChI=1S/C24H30N6.HI/c1-3-20-17-29(13-10-22(20)21-7-5-4-6-8-21)24(25-2)28-16-19-9-11-27-23(15-19)30-14-12-26-18-30;/h4-9,11-12,14-15,18,20,22H,3,10,13,16-17H2,1-2H3,(H,25,28);1H. The summed E-state index contributed by atoms with van der Waals surface area (Å²) in [4.78, 5) is 15.5. The van der Waals surface area contributed by atoms with Crippen molar-refractivity contribution in [1.82, 2.24) is 24.8 Å². The number of aromatic nitrogens is 3. The molecule has 1 aliphatic rings. The van der Waals surface area contributed by atoms with Gasteiger partial charge in [0, 0.05) is 45.3 Å². The summed E-state index contributed by atoms with van der Waals surface area (Å²) in [6.07, 6.45) is 9.60. The molecule has 1 fully saturated rings. The quantitative estimate of drug-likeness (QED) is 0.301. The summed E-state index contributed by atoms with van der Waals surface area (Å²) in [5, 5.41) is 3.55. The molecule has 0 bridgehead atoms. The Kier molecular flexibility index (Phi) is 8.45. The van der Waals surface area contributed by atoms with Crippen LogP contribution in [0.25, 0.3) is 5.82 Å². The van der Waals surface area contributed by atoms with Gasteiger partial charge in [0.15, 0.2) is 5.96 Å². The van der Waals surface area contributed by atoms with Gasteiger partial charge >= 0.3 is 0 Å². The lowest BCUT2D eigenvalue weighted by molar-refractivity contribution is 0.215. The molecule has 1 N–H and O–H groups in total. The van der Waals surface area contributed by atoms with E-state index in [0.29, 0.717) is 18.4 Å². The molecule has 1 aromatic carbocycles. The molecule has 164 valence electrons. The van der Waals surface area contributed by atoms with Crippen LogP contribution in [0.3, 0.4) is 0 Å². The number of hydrogen-bond acceptors (Lipinski definition) is 3.